The largest absolute Gasteiger partial charge is 0.371 e. The Hall–Kier alpha value is -1.13. The molecule has 3 nitrogen and oxygen atoms in total. The van der Waals surface area contributed by atoms with Crippen LogP contribution in [0, 0.1) is 5.82 Å². The molecule has 1 aromatic rings. The summed E-state index contributed by atoms with van der Waals surface area (Å²) < 4.78 is 14.1. The number of benzene rings is 1. The maximum atomic E-state index is 14.1. The van der Waals surface area contributed by atoms with E-state index >= 15 is 0 Å². The molecule has 0 aliphatic heterocycles. The van der Waals surface area contributed by atoms with Gasteiger partial charge in [0.2, 0.25) is 0 Å². The molecule has 4 heteroatoms. The first-order valence-corrected chi connectivity index (χ1v) is 7.97. The highest BCUT2D eigenvalue weighted by Crippen LogP contribution is 2.23. The van der Waals surface area contributed by atoms with Crippen LogP contribution >= 0.6 is 0 Å². The van der Waals surface area contributed by atoms with Crippen molar-refractivity contribution < 1.29 is 4.39 Å². The van der Waals surface area contributed by atoms with Gasteiger partial charge in [-0.3, -0.25) is 0 Å². The molecule has 0 aliphatic carbocycles. The van der Waals surface area contributed by atoms with E-state index in [1.54, 1.807) is 6.07 Å². The molecular weight excluding hydrogens is 265 g/mol. The highest BCUT2D eigenvalue weighted by Gasteiger charge is 2.13. The molecule has 0 saturated carbocycles. The molecule has 120 valence electrons. The van der Waals surface area contributed by atoms with Crippen molar-refractivity contribution in [3.63, 3.8) is 0 Å². The van der Waals surface area contributed by atoms with E-state index in [4.69, 9.17) is 0 Å². The highest BCUT2D eigenvalue weighted by atomic mass is 19.1. The molecule has 0 fully saturated rings. The first kappa shape index (κ1) is 17.9. The third-order valence-electron chi connectivity index (χ3n) is 3.58. The number of hydrogen-bond acceptors (Lipinski definition) is 3. The molecule has 0 spiro atoms. The van der Waals surface area contributed by atoms with Crippen LogP contribution in [-0.2, 0) is 6.54 Å². The van der Waals surface area contributed by atoms with E-state index in [2.05, 4.69) is 43.1 Å². The Morgan fingerprint density at radius 2 is 1.90 bits per heavy atom. The van der Waals surface area contributed by atoms with Gasteiger partial charge in [0, 0.05) is 30.9 Å². The van der Waals surface area contributed by atoms with Crippen molar-refractivity contribution in [2.75, 3.05) is 45.2 Å². The second-order valence-corrected chi connectivity index (χ2v) is 5.65. The van der Waals surface area contributed by atoms with E-state index in [9.17, 15) is 4.39 Å². The smallest absolute Gasteiger partial charge is 0.129 e. The Balaban J connectivity index is 2.79. The van der Waals surface area contributed by atoms with Crippen molar-refractivity contribution >= 4 is 5.69 Å². The average molecular weight is 295 g/mol. The number of halogens is 1. The van der Waals surface area contributed by atoms with Crippen molar-refractivity contribution in [1.82, 2.24) is 10.2 Å². The van der Waals surface area contributed by atoms with Crippen molar-refractivity contribution in [3.05, 3.63) is 29.6 Å². The predicted molar refractivity (Wildman–Crippen MR) is 89.5 cm³/mol. The third-order valence-corrected chi connectivity index (χ3v) is 3.58. The standard InChI is InChI=1S/C17H30FN3/c1-5-11-19-14-15-16(18)9-7-10-17(15)21(6-2)13-8-12-20(3)4/h7,9-10,19H,5-6,8,11-14H2,1-4H3. The Labute approximate surface area is 129 Å². The fourth-order valence-electron chi connectivity index (χ4n) is 2.44. The molecule has 0 bridgehead atoms. The molecule has 21 heavy (non-hydrogen) atoms. The lowest BCUT2D eigenvalue weighted by molar-refractivity contribution is 0.400. The average Bonchev–Trinajstić information content (AvgIpc) is 2.45. The van der Waals surface area contributed by atoms with Gasteiger partial charge in [0.15, 0.2) is 0 Å². The summed E-state index contributed by atoms with van der Waals surface area (Å²) in [5.74, 6) is -0.109. The second-order valence-electron chi connectivity index (χ2n) is 5.65. The summed E-state index contributed by atoms with van der Waals surface area (Å²) >= 11 is 0. The summed E-state index contributed by atoms with van der Waals surface area (Å²) in [6.07, 6.45) is 2.14. The number of anilines is 1. The predicted octanol–water partition coefficient (Wildman–Crippen LogP) is 3.10. The van der Waals surface area contributed by atoms with E-state index in [1.165, 1.54) is 0 Å². The lowest BCUT2D eigenvalue weighted by Crippen LogP contribution is -2.29. The van der Waals surface area contributed by atoms with Gasteiger partial charge in [-0.2, -0.15) is 0 Å². The molecule has 0 heterocycles. The first-order chi connectivity index (χ1) is 10.1. The lowest BCUT2D eigenvalue weighted by Gasteiger charge is -2.27. The van der Waals surface area contributed by atoms with Gasteiger partial charge < -0.3 is 15.1 Å². The van der Waals surface area contributed by atoms with Crippen molar-refractivity contribution in [1.29, 1.82) is 0 Å². The van der Waals surface area contributed by atoms with Gasteiger partial charge in [0.25, 0.3) is 0 Å². The lowest BCUT2D eigenvalue weighted by atomic mass is 10.1. The third kappa shape index (κ3) is 6.02. The van der Waals surface area contributed by atoms with E-state index in [-0.39, 0.29) is 5.82 Å². The van der Waals surface area contributed by atoms with Crippen molar-refractivity contribution in [2.45, 2.75) is 33.2 Å². The van der Waals surface area contributed by atoms with Gasteiger partial charge in [-0.05, 0) is 59.1 Å². The fraction of sp³-hybridized carbons (Fsp3) is 0.647. The van der Waals surface area contributed by atoms with Crippen LogP contribution in [0.3, 0.4) is 0 Å². The minimum Gasteiger partial charge on any atom is -0.371 e. The zero-order valence-electron chi connectivity index (χ0n) is 14.0. The van der Waals surface area contributed by atoms with Crippen molar-refractivity contribution in [2.24, 2.45) is 0 Å². The van der Waals surface area contributed by atoms with E-state index < -0.39 is 0 Å². The van der Waals surface area contributed by atoms with Gasteiger partial charge in [0.05, 0.1) is 0 Å². The summed E-state index contributed by atoms with van der Waals surface area (Å²) in [5, 5.41) is 3.31. The van der Waals surface area contributed by atoms with Crippen LogP contribution in [-0.4, -0.2) is 45.2 Å². The summed E-state index contributed by atoms with van der Waals surface area (Å²) in [5.41, 5.74) is 1.82. The molecule has 0 amide bonds. The zero-order chi connectivity index (χ0) is 15.7. The Morgan fingerprint density at radius 1 is 1.14 bits per heavy atom. The minimum atomic E-state index is -0.109. The summed E-state index contributed by atoms with van der Waals surface area (Å²) in [6, 6.07) is 5.40. The SMILES string of the molecule is CCCNCc1c(F)cccc1N(CC)CCCN(C)C. The van der Waals surface area contributed by atoms with E-state index in [1.807, 2.05) is 12.1 Å². The summed E-state index contributed by atoms with van der Waals surface area (Å²) in [7, 11) is 4.16. The highest BCUT2D eigenvalue weighted by molar-refractivity contribution is 5.54. The molecule has 0 saturated heterocycles. The molecule has 0 radical (unpaired) electrons. The van der Waals surface area contributed by atoms with E-state index in [0.717, 1.165) is 50.3 Å². The van der Waals surface area contributed by atoms with Crippen LogP contribution in [0.15, 0.2) is 18.2 Å². The van der Waals surface area contributed by atoms with Gasteiger partial charge in [0.1, 0.15) is 5.82 Å². The number of nitrogens with one attached hydrogen (secondary N) is 1. The molecule has 0 aromatic heterocycles. The zero-order valence-corrected chi connectivity index (χ0v) is 14.0. The fourth-order valence-corrected chi connectivity index (χ4v) is 2.44. The Morgan fingerprint density at radius 3 is 2.52 bits per heavy atom. The summed E-state index contributed by atoms with van der Waals surface area (Å²) in [4.78, 5) is 4.46. The van der Waals surface area contributed by atoms with Crippen LogP contribution < -0.4 is 10.2 Å². The molecule has 0 aliphatic rings. The normalized spacial score (nSPS) is 11.1. The van der Waals surface area contributed by atoms with Gasteiger partial charge in [-0.1, -0.05) is 13.0 Å². The first-order valence-electron chi connectivity index (χ1n) is 7.97. The molecule has 0 unspecified atom stereocenters. The maximum absolute atomic E-state index is 14.1. The molecule has 0 atom stereocenters. The number of rotatable bonds is 10. The van der Waals surface area contributed by atoms with Crippen LogP contribution in [0.2, 0.25) is 0 Å². The van der Waals surface area contributed by atoms with Crippen LogP contribution in [0.5, 0.6) is 0 Å². The van der Waals surface area contributed by atoms with Crippen LogP contribution in [0.4, 0.5) is 10.1 Å². The quantitative estimate of drug-likeness (QED) is 0.669. The van der Waals surface area contributed by atoms with E-state index in [0.29, 0.717) is 6.54 Å². The van der Waals surface area contributed by atoms with Gasteiger partial charge in [-0.15, -0.1) is 0 Å². The topological polar surface area (TPSA) is 18.5 Å². The van der Waals surface area contributed by atoms with Gasteiger partial charge >= 0.3 is 0 Å². The number of nitrogens with zero attached hydrogens (tertiary/aromatic N) is 2. The number of hydrogen-bond donors (Lipinski definition) is 1. The molecular formula is C17H30FN3. The molecule has 1 aromatic carbocycles. The molecule has 1 rings (SSSR count). The molecule has 1 N–H and O–H groups in total. The summed E-state index contributed by atoms with van der Waals surface area (Å²) in [6.45, 7) is 8.67. The Bertz CT molecular complexity index is 407. The monoisotopic (exact) mass is 295 g/mol. The van der Waals surface area contributed by atoms with Gasteiger partial charge in [-0.25, -0.2) is 4.39 Å². The second kappa shape index (κ2) is 9.74. The minimum absolute atomic E-state index is 0.109. The maximum Gasteiger partial charge on any atom is 0.129 e. The van der Waals surface area contributed by atoms with Crippen molar-refractivity contribution in [3.8, 4) is 0 Å². The van der Waals surface area contributed by atoms with Crippen LogP contribution in [0.1, 0.15) is 32.3 Å². The van der Waals surface area contributed by atoms with Crippen LogP contribution in [0.25, 0.3) is 0 Å². The Kier molecular flexibility index (Phi) is 8.31.